The molecule has 4 nitrogen and oxygen atoms in total. The molecule has 0 aromatic carbocycles. The van der Waals surface area contributed by atoms with Crippen LogP contribution in [0.2, 0.25) is 0 Å². The maximum absolute atomic E-state index is 11.4. The van der Waals surface area contributed by atoms with Gasteiger partial charge in [-0.2, -0.15) is 0 Å². The van der Waals surface area contributed by atoms with Gasteiger partial charge < -0.3 is 10.5 Å². The van der Waals surface area contributed by atoms with Crippen molar-refractivity contribution >= 4 is 11.9 Å². The molecule has 0 saturated heterocycles. The van der Waals surface area contributed by atoms with Crippen LogP contribution in [0.15, 0.2) is 0 Å². The Hall–Kier alpha value is -0.900. The summed E-state index contributed by atoms with van der Waals surface area (Å²) in [6, 6.07) is -0.710. The molecule has 0 rings (SSSR count). The Morgan fingerprint density at radius 1 is 1.00 bits per heavy atom. The van der Waals surface area contributed by atoms with E-state index in [1.54, 1.807) is 0 Å². The minimum absolute atomic E-state index is 0.0149. The Labute approximate surface area is 117 Å². The second-order valence-electron chi connectivity index (χ2n) is 5.43. The maximum atomic E-state index is 11.4. The van der Waals surface area contributed by atoms with E-state index >= 15 is 0 Å². The number of esters is 2. The molecule has 0 radical (unpaired) electrons. The molecule has 112 valence electrons. The zero-order valence-electron chi connectivity index (χ0n) is 12.6. The summed E-state index contributed by atoms with van der Waals surface area (Å²) in [6.07, 6.45) is 8.27. The third-order valence-corrected chi connectivity index (χ3v) is 3.19. The second-order valence-corrected chi connectivity index (χ2v) is 5.43. The van der Waals surface area contributed by atoms with Gasteiger partial charge in [-0.15, -0.1) is 0 Å². The molecular weight excluding hydrogens is 242 g/mol. The van der Waals surface area contributed by atoms with E-state index in [4.69, 9.17) is 10.5 Å². The fourth-order valence-corrected chi connectivity index (χ4v) is 1.73. The lowest BCUT2D eigenvalue weighted by atomic mass is 10.1. The summed E-state index contributed by atoms with van der Waals surface area (Å²) in [6.45, 7) is 5.84. The van der Waals surface area contributed by atoms with Crippen LogP contribution in [0.1, 0.15) is 72.1 Å². The topological polar surface area (TPSA) is 69.4 Å². The van der Waals surface area contributed by atoms with Crippen LogP contribution in [0.3, 0.4) is 0 Å². The van der Waals surface area contributed by atoms with E-state index in [0.717, 1.165) is 19.3 Å². The van der Waals surface area contributed by atoms with Gasteiger partial charge in [0.25, 0.3) is 0 Å². The van der Waals surface area contributed by atoms with Crippen molar-refractivity contribution in [3.05, 3.63) is 0 Å². The van der Waals surface area contributed by atoms with Crippen molar-refractivity contribution in [1.82, 2.24) is 0 Å². The normalized spacial score (nSPS) is 12.5. The molecule has 0 aliphatic carbocycles. The van der Waals surface area contributed by atoms with Crippen LogP contribution in [0.25, 0.3) is 0 Å². The minimum atomic E-state index is -0.710. The van der Waals surface area contributed by atoms with Crippen molar-refractivity contribution in [1.29, 1.82) is 0 Å². The highest BCUT2D eigenvalue weighted by atomic mass is 16.6. The summed E-state index contributed by atoms with van der Waals surface area (Å²) in [5.74, 6) is -1.07. The summed E-state index contributed by atoms with van der Waals surface area (Å²) in [7, 11) is 0. The highest BCUT2D eigenvalue weighted by Gasteiger charge is 2.21. The van der Waals surface area contributed by atoms with Gasteiger partial charge in [0.1, 0.15) is 6.04 Å². The van der Waals surface area contributed by atoms with Crippen molar-refractivity contribution in [2.45, 2.75) is 78.2 Å². The van der Waals surface area contributed by atoms with Gasteiger partial charge in [-0.1, -0.05) is 59.3 Å². The molecule has 0 aromatic rings. The van der Waals surface area contributed by atoms with E-state index in [2.05, 4.69) is 6.92 Å². The van der Waals surface area contributed by atoms with Crippen LogP contribution in [0.4, 0.5) is 0 Å². The van der Waals surface area contributed by atoms with Crippen molar-refractivity contribution < 1.29 is 14.3 Å². The molecule has 2 N–H and O–H groups in total. The molecule has 0 aliphatic rings. The lowest BCUT2D eigenvalue weighted by Gasteiger charge is -2.13. The predicted molar refractivity (Wildman–Crippen MR) is 76.5 cm³/mol. The first-order valence-electron chi connectivity index (χ1n) is 7.49. The number of nitrogens with two attached hydrogens (primary N) is 1. The van der Waals surface area contributed by atoms with Crippen LogP contribution < -0.4 is 5.73 Å². The molecule has 0 unspecified atom stereocenters. The van der Waals surface area contributed by atoms with Gasteiger partial charge in [0.05, 0.1) is 0 Å². The Morgan fingerprint density at radius 3 is 2.05 bits per heavy atom. The van der Waals surface area contributed by atoms with Gasteiger partial charge in [-0.3, -0.25) is 4.79 Å². The second kappa shape index (κ2) is 11.0. The molecule has 0 saturated carbocycles. The largest absolute Gasteiger partial charge is 0.392 e. The summed E-state index contributed by atoms with van der Waals surface area (Å²) in [5, 5.41) is 0. The molecule has 0 amide bonds. The van der Waals surface area contributed by atoms with Crippen LogP contribution in [-0.4, -0.2) is 18.0 Å². The molecule has 0 aliphatic heterocycles. The molecule has 1 atom stereocenters. The number of rotatable bonds is 10. The zero-order valence-corrected chi connectivity index (χ0v) is 12.6. The third-order valence-electron chi connectivity index (χ3n) is 3.19. The number of hydrogen-bond donors (Lipinski definition) is 1. The monoisotopic (exact) mass is 271 g/mol. The average Bonchev–Trinajstić information content (AvgIpc) is 2.36. The molecule has 0 heterocycles. The molecule has 0 spiro atoms. The van der Waals surface area contributed by atoms with Crippen molar-refractivity contribution in [2.75, 3.05) is 0 Å². The molecule has 4 heteroatoms. The number of carbonyl (C=O) groups is 2. The third kappa shape index (κ3) is 9.65. The van der Waals surface area contributed by atoms with E-state index in [9.17, 15) is 9.59 Å². The summed E-state index contributed by atoms with van der Waals surface area (Å²) >= 11 is 0. The Balaban J connectivity index is 3.57. The summed E-state index contributed by atoms with van der Waals surface area (Å²) in [5.41, 5.74) is 5.60. The Kier molecular flexibility index (Phi) is 10.5. The Bertz CT molecular complexity index is 264. The quantitative estimate of drug-likeness (QED) is 0.376. The first-order chi connectivity index (χ1) is 8.99. The van der Waals surface area contributed by atoms with Crippen LogP contribution >= 0.6 is 0 Å². The highest BCUT2D eigenvalue weighted by molar-refractivity contribution is 5.88. The average molecular weight is 271 g/mol. The zero-order chi connectivity index (χ0) is 14.7. The first-order valence-corrected chi connectivity index (χ1v) is 7.49. The summed E-state index contributed by atoms with van der Waals surface area (Å²) < 4.78 is 4.72. The van der Waals surface area contributed by atoms with Gasteiger partial charge in [0.2, 0.25) is 0 Å². The van der Waals surface area contributed by atoms with E-state index in [0.29, 0.717) is 6.42 Å². The van der Waals surface area contributed by atoms with Crippen molar-refractivity contribution in [2.24, 2.45) is 11.7 Å². The lowest BCUT2D eigenvalue weighted by Crippen LogP contribution is -2.38. The number of carbonyl (C=O) groups excluding carboxylic acids is 2. The molecule has 0 aromatic heterocycles. The van der Waals surface area contributed by atoms with E-state index < -0.39 is 18.0 Å². The van der Waals surface area contributed by atoms with Crippen molar-refractivity contribution in [3.8, 4) is 0 Å². The summed E-state index contributed by atoms with van der Waals surface area (Å²) in [4.78, 5) is 22.9. The number of unbranched alkanes of at least 4 members (excludes halogenated alkanes) is 6. The number of hydrogen-bond acceptors (Lipinski definition) is 4. The standard InChI is InChI=1S/C15H29NO3/c1-4-5-6-7-8-9-10-11-13(17)19-15(18)14(16)12(2)3/h12,14H,4-11,16H2,1-3H3/t14-/m0/s1. The highest BCUT2D eigenvalue weighted by Crippen LogP contribution is 2.09. The molecule has 19 heavy (non-hydrogen) atoms. The maximum Gasteiger partial charge on any atom is 0.330 e. The fraction of sp³-hybridized carbons (Fsp3) is 0.867. The lowest BCUT2D eigenvalue weighted by molar-refractivity contribution is -0.161. The van der Waals surface area contributed by atoms with Gasteiger partial charge in [0.15, 0.2) is 0 Å². The van der Waals surface area contributed by atoms with Gasteiger partial charge in [0, 0.05) is 6.42 Å². The van der Waals surface area contributed by atoms with Gasteiger partial charge in [-0.25, -0.2) is 4.79 Å². The first kappa shape index (κ1) is 18.1. The predicted octanol–water partition coefficient (Wildman–Crippen LogP) is 3.18. The molecular formula is C15H29NO3. The Morgan fingerprint density at radius 2 is 1.53 bits per heavy atom. The van der Waals surface area contributed by atoms with E-state index in [-0.39, 0.29) is 5.92 Å². The van der Waals surface area contributed by atoms with Crippen LogP contribution in [-0.2, 0) is 14.3 Å². The fourth-order valence-electron chi connectivity index (χ4n) is 1.73. The van der Waals surface area contributed by atoms with Crippen molar-refractivity contribution in [3.63, 3.8) is 0 Å². The molecule has 0 bridgehead atoms. The van der Waals surface area contributed by atoms with Crippen LogP contribution in [0, 0.1) is 5.92 Å². The number of ether oxygens (including phenoxy) is 1. The molecule has 0 fully saturated rings. The van der Waals surface area contributed by atoms with Gasteiger partial charge >= 0.3 is 11.9 Å². The smallest absolute Gasteiger partial charge is 0.330 e. The van der Waals surface area contributed by atoms with E-state index in [1.165, 1.54) is 25.7 Å². The minimum Gasteiger partial charge on any atom is -0.392 e. The van der Waals surface area contributed by atoms with Gasteiger partial charge in [-0.05, 0) is 12.3 Å². The van der Waals surface area contributed by atoms with E-state index in [1.807, 2.05) is 13.8 Å². The SMILES string of the molecule is CCCCCCCCCC(=O)OC(=O)[C@@H](N)C(C)C. The van der Waals surface area contributed by atoms with Crippen LogP contribution in [0.5, 0.6) is 0 Å².